The molecule has 2 aromatic heterocycles. The number of hydrazone groups is 1. The Morgan fingerprint density at radius 2 is 1.71 bits per heavy atom. The third-order valence-electron chi connectivity index (χ3n) is 4.73. The van der Waals surface area contributed by atoms with Crippen LogP contribution in [0.25, 0.3) is 11.3 Å². The lowest BCUT2D eigenvalue weighted by atomic mass is 10.1. The Bertz CT molecular complexity index is 1390. The maximum atomic E-state index is 13.2. The Balaban J connectivity index is 1.70. The predicted octanol–water partition coefficient (Wildman–Crippen LogP) is 4.35. The number of hydrogen-bond acceptors (Lipinski definition) is 7. The molecule has 0 bridgehead atoms. The standard InChI is InChI=1S/C23H15ClN6O4/c24-19-3-1-2-17(12-19)21-18(13-26-28-21)14-27-29(23(32)16-8-10-25-11-9-16)22(31)15-4-6-20(7-5-15)30(33)34/h1-14H,(H,26,28)/b27-14+. The molecule has 10 nitrogen and oxygen atoms in total. The van der Waals surface area contributed by atoms with Crippen molar-refractivity contribution in [1.29, 1.82) is 0 Å². The van der Waals surface area contributed by atoms with Crippen molar-refractivity contribution in [3.05, 3.63) is 111 Å². The van der Waals surface area contributed by atoms with Gasteiger partial charge in [0.15, 0.2) is 0 Å². The molecule has 0 aliphatic carbocycles. The van der Waals surface area contributed by atoms with Gasteiger partial charge in [-0.1, -0.05) is 23.7 Å². The molecule has 0 aliphatic rings. The highest BCUT2D eigenvalue weighted by atomic mass is 35.5. The summed E-state index contributed by atoms with van der Waals surface area (Å²) < 4.78 is 0. The second-order valence-electron chi connectivity index (χ2n) is 6.92. The summed E-state index contributed by atoms with van der Waals surface area (Å²) >= 11 is 6.08. The van der Waals surface area contributed by atoms with E-state index in [9.17, 15) is 19.7 Å². The monoisotopic (exact) mass is 474 g/mol. The number of nitro benzene ring substituents is 1. The maximum Gasteiger partial charge on any atom is 0.281 e. The third-order valence-corrected chi connectivity index (χ3v) is 4.97. The molecule has 0 spiro atoms. The average molecular weight is 475 g/mol. The van der Waals surface area contributed by atoms with Gasteiger partial charge in [0.05, 0.1) is 23.0 Å². The highest BCUT2D eigenvalue weighted by molar-refractivity contribution is 6.30. The normalized spacial score (nSPS) is 10.9. The number of nitrogens with one attached hydrogen (secondary N) is 1. The van der Waals surface area contributed by atoms with Crippen molar-refractivity contribution in [2.24, 2.45) is 5.10 Å². The smallest absolute Gasteiger partial charge is 0.277 e. The topological polar surface area (TPSA) is 134 Å². The van der Waals surface area contributed by atoms with E-state index in [0.717, 1.165) is 5.56 Å². The summed E-state index contributed by atoms with van der Waals surface area (Å²) in [4.78, 5) is 40.5. The first kappa shape index (κ1) is 22.5. The van der Waals surface area contributed by atoms with E-state index in [1.54, 1.807) is 18.2 Å². The molecule has 0 atom stereocenters. The Labute approximate surface area is 197 Å². The number of aromatic amines is 1. The zero-order valence-corrected chi connectivity index (χ0v) is 18.1. The van der Waals surface area contributed by atoms with Crippen LogP contribution in [-0.2, 0) is 0 Å². The van der Waals surface area contributed by atoms with Gasteiger partial charge in [0, 0.05) is 51.8 Å². The summed E-state index contributed by atoms with van der Waals surface area (Å²) in [6.07, 6.45) is 5.64. The van der Waals surface area contributed by atoms with E-state index >= 15 is 0 Å². The molecule has 0 fully saturated rings. The number of nitro groups is 1. The number of hydrogen-bond donors (Lipinski definition) is 1. The number of pyridine rings is 1. The van der Waals surface area contributed by atoms with E-state index in [1.807, 2.05) is 6.07 Å². The van der Waals surface area contributed by atoms with Crippen molar-refractivity contribution in [1.82, 2.24) is 20.2 Å². The van der Waals surface area contributed by atoms with Gasteiger partial charge in [0.25, 0.3) is 17.5 Å². The van der Waals surface area contributed by atoms with Crippen molar-refractivity contribution in [3.63, 3.8) is 0 Å². The number of amides is 2. The van der Waals surface area contributed by atoms with Crippen LogP contribution in [0.15, 0.2) is 84.4 Å². The van der Waals surface area contributed by atoms with Crippen molar-refractivity contribution in [3.8, 4) is 11.3 Å². The van der Waals surface area contributed by atoms with Crippen molar-refractivity contribution < 1.29 is 14.5 Å². The summed E-state index contributed by atoms with van der Waals surface area (Å²) in [5, 5.41) is 23.2. The quantitative estimate of drug-likeness (QED) is 0.191. The first-order valence-electron chi connectivity index (χ1n) is 9.80. The number of halogens is 1. The van der Waals surface area contributed by atoms with E-state index in [4.69, 9.17) is 11.6 Å². The molecule has 11 heteroatoms. The minimum Gasteiger partial charge on any atom is -0.277 e. The van der Waals surface area contributed by atoms with Crippen LogP contribution in [0, 0.1) is 10.1 Å². The molecule has 1 N–H and O–H groups in total. The Morgan fingerprint density at radius 1 is 1.03 bits per heavy atom. The molecule has 4 rings (SSSR count). The zero-order valence-electron chi connectivity index (χ0n) is 17.3. The molecule has 168 valence electrons. The van der Waals surface area contributed by atoms with Crippen LogP contribution in [0.2, 0.25) is 5.02 Å². The molecular weight excluding hydrogens is 460 g/mol. The van der Waals surface area contributed by atoms with Crippen LogP contribution in [0.1, 0.15) is 26.3 Å². The van der Waals surface area contributed by atoms with Gasteiger partial charge in [-0.05, 0) is 36.4 Å². The second kappa shape index (κ2) is 9.84. The Kier molecular flexibility index (Phi) is 6.51. The number of benzene rings is 2. The lowest BCUT2D eigenvalue weighted by molar-refractivity contribution is -0.384. The van der Waals surface area contributed by atoms with Crippen molar-refractivity contribution >= 4 is 35.3 Å². The van der Waals surface area contributed by atoms with Gasteiger partial charge in [-0.2, -0.15) is 15.2 Å². The van der Waals surface area contributed by atoms with E-state index in [-0.39, 0.29) is 16.8 Å². The van der Waals surface area contributed by atoms with Crippen LogP contribution >= 0.6 is 11.6 Å². The largest absolute Gasteiger partial charge is 0.281 e. The fourth-order valence-corrected chi connectivity index (χ4v) is 3.24. The van der Waals surface area contributed by atoms with Crippen LogP contribution < -0.4 is 0 Å². The fourth-order valence-electron chi connectivity index (χ4n) is 3.05. The average Bonchev–Trinajstić information content (AvgIpc) is 3.33. The summed E-state index contributed by atoms with van der Waals surface area (Å²) in [5.74, 6) is -1.46. The maximum absolute atomic E-state index is 13.2. The second-order valence-corrected chi connectivity index (χ2v) is 7.35. The first-order chi connectivity index (χ1) is 16.4. The third kappa shape index (κ3) is 4.87. The number of carbonyl (C=O) groups excluding carboxylic acids is 2. The fraction of sp³-hybridized carbons (Fsp3) is 0. The Morgan fingerprint density at radius 3 is 2.35 bits per heavy atom. The van der Waals surface area contributed by atoms with Gasteiger partial charge < -0.3 is 0 Å². The van der Waals surface area contributed by atoms with E-state index in [0.29, 0.717) is 21.3 Å². The lowest BCUT2D eigenvalue weighted by Crippen LogP contribution is -2.32. The van der Waals surface area contributed by atoms with Crippen LogP contribution in [0.5, 0.6) is 0 Å². The number of aromatic nitrogens is 3. The molecule has 2 aromatic carbocycles. The number of nitrogens with zero attached hydrogens (tertiary/aromatic N) is 5. The highest BCUT2D eigenvalue weighted by Gasteiger charge is 2.24. The molecule has 34 heavy (non-hydrogen) atoms. The molecule has 0 saturated heterocycles. The number of rotatable bonds is 6. The van der Waals surface area contributed by atoms with E-state index in [2.05, 4.69) is 20.3 Å². The number of H-pyrrole nitrogens is 1. The predicted molar refractivity (Wildman–Crippen MR) is 124 cm³/mol. The Hall–Kier alpha value is -4.70. The molecule has 0 unspecified atom stereocenters. The molecule has 4 aromatic rings. The molecule has 2 heterocycles. The zero-order chi connectivity index (χ0) is 24.1. The van der Waals surface area contributed by atoms with Gasteiger partial charge in [-0.25, -0.2) is 0 Å². The van der Waals surface area contributed by atoms with Gasteiger partial charge >= 0.3 is 0 Å². The number of imide groups is 1. The van der Waals surface area contributed by atoms with Crippen LogP contribution in [0.4, 0.5) is 5.69 Å². The first-order valence-corrected chi connectivity index (χ1v) is 10.2. The van der Waals surface area contributed by atoms with Crippen molar-refractivity contribution in [2.75, 3.05) is 0 Å². The number of carbonyl (C=O) groups is 2. The summed E-state index contributed by atoms with van der Waals surface area (Å²) in [5.41, 5.74) is 1.88. The van der Waals surface area contributed by atoms with Gasteiger partial charge in [0.1, 0.15) is 0 Å². The molecule has 0 aliphatic heterocycles. The van der Waals surface area contributed by atoms with Gasteiger partial charge in [0.2, 0.25) is 0 Å². The van der Waals surface area contributed by atoms with E-state index < -0.39 is 16.7 Å². The minimum absolute atomic E-state index is 0.0485. The SMILES string of the molecule is O=C(c1ccncc1)N(/N=C/c1cn[nH]c1-c1cccc(Cl)c1)C(=O)c1ccc([N+](=O)[O-])cc1. The molecule has 0 saturated carbocycles. The van der Waals surface area contributed by atoms with Crippen LogP contribution in [-0.4, -0.2) is 43.1 Å². The van der Waals surface area contributed by atoms with Crippen LogP contribution in [0.3, 0.4) is 0 Å². The molecule has 0 radical (unpaired) electrons. The van der Waals surface area contributed by atoms with Crippen molar-refractivity contribution in [2.45, 2.75) is 0 Å². The summed E-state index contributed by atoms with van der Waals surface area (Å²) in [7, 11) is 0. The minimum atomic E-state index is -0.763. The van der Waals surface area contributed by atoms with E-state index in [1.165, 1.54) is 61.2 Å². The lowest BCUT2D eigenvalue weighted by Gasteiger charge is -2.15. The number of non-ortho nitro benzene ring substituents is 1. The van der Waals surface area contributed by atoms with Gasteiger partial charge in [-0.15, -0.1) is 0 Å². The highest BCUT2D eigenvalue weighted by Crippen LogP contribution is 2.23. The van der Waals surface area contributed by atoms with Gasteiger partial charge in [-0.3, -0.25) is 29.8 Å². The molecule has 2 amide bonds. The summed E-state index contributed by atoms with van der Waals surface area (Å²) in [6, 6.07) is 14.8. The summed E-state index contributed by atoms with van der Waals surface area (Å²) in [6.45, 7) is 0. The molecular formula is C23H15ClN6O4.